The van der Waals surface area contributed by atoms with E-state index in [2.05, 4.69) is 60.6 Å². The first-order chi connectivity index (χ1) is 35.1. The number of hydrogen-bond donors (Lipinski definition) is 6. The van der Waals surface area contributed by atoms with Gasteiger partial charge < -0.3 is 45.3 Å². The lowest BCUT2D eigenvalue weighted by molar-refractivity contribution is -0.109. The summed E-state index contributed by atoms with van der Waals surface area (Å²) >= 11 is 0. The lowest BCUT2D eigenvalue weighted by atomic mass is 9.90. The summed E-state index contributed by atoms with van der Waals surface area (Å²) in [4.78, 5) is 29.5. The Morgan fingerprint density at radius 1 is 0.972 bits per heavy atom. The zero-order valence-corrected chi connectivity index (χ0v) is 42.4. The van der Waals surface area contributed by atoms with Crippen LogP contribution in [0.3, 0.4) is 0 Å². The second-order valence-corrected chi connectivity index (χ2v) is 18.9. The average molecular weight is 995 g/mol. The van der Waals surface area contributed by atoms with Crippen molar-refractivity contribution in [3.63, 3.8) is 0 Å². The van der Waals surface area contributed by atoms with E-state index in [9.17, 15) is 19.4 Å². The lowest BCUT2D eigenvalue weighted by Crippen LogP contribution is -2.40. The molecule has 2 fully saturated rings. The molecule has 0 aliphatic carbocycles. The second kappa shape index (κ2) is 28.8. The normalized spacial score (nSPS) is 16.0. The number of nitrogens with one attached hydrogen (secondary N) is 6. The molecule has 1 atom stereocenters. The van der Waals surface area contributed by atoms with Gasteiger partial charge in [-0.25, -0.2) is 18.6 Å². The van der Waals surface area contributed by atoms with E-state index in [0.29, 0.717) is 87.1 Å². The maximum Gasteiger partial charge on any atom is 0.264 e. The Hall–Kier alpha value is -6.13. The number of fused-ring (bicyclic) bond motifs is 2. The number of benzene rings is 2. The van der Waals surface area contributed by atoms with E-state index >= 15 is 8.78 Å². The number of piperidine rings is 1. The molecule has 7 rings (SSSR count). The molecule has 0 radical (unpaired) electrons. The standard InChI is InChI=1S/C50H67F3N10O2.C6H10O/c1-4-39(45(14-21-58-33-64)59-36-18-26-65-27-19-36)50(54)62-23-7-9-35-28-40(41(49(52)53)30-48(35)62)43-32-63(47-15-22-57-31-42(43)47)37(13-20-56-5-2)10-6-8-34-16-24-61(25-17-34)38-11-12-46(60-55-3)44(51)29-38;1-2-3-4-5-6-7/h5,11-12,15,22,28-34,36-37,49,54-56,59-60H,2,4,6-10,13-14,16-21,23-27H2,1,3H3,(H,58,64);2,6H,1,3-5H2/b45-39-,54-50?;. The van der Waals surface area contributed by atoms with Gasteiger partial charge in [0.25, 0.3) is 6.43 Å². The van der Waals surface area contributed by atoms with Crippen molar-refractivity contribution in [1.29, 1.82) is 5.41 Å². The van der Waals surface area contributed by atoms with Crippen LogP contribution in [0.4, 0.5) is 30.2 Å². The largest absolute Gasteiger partial charge is 0.391 e. The number of carbonyl (C=O) groups excluding carboxylic acids is 2. The second-order valence-electron chi connectivity index (χ2n) is 18.9. The number of alkyl halides is 2. The smallest absolute Gasteiger partial charge is 0.264 e. The average Bonchev–Trinajstić information content (AvgIpc) is 3.78. The fourth-order valence-corrected chi connectivity index (χ4v) is 10.4. The molecule has 72 heavy (non-hydrogen) atoms. The van der Waals surface area contributed by atoms with Gasteiger partial charge in [-0.2, -0.15) is 0 Å². The highest BCUT2D eigenvalue weighted by atomic mass is 19.3. The number of aryl methyl sites for hydroxylation is 1. The van der Waals surface area contributed by atoms with Crippen molar-refractivity contribution >= 4 is 46.5 Å². The predicted octanol–water partition coefficient (Wildman–Crippen LogP) is 10.9. The van der Waals surface area contributed by atoms with Gasteiger partial charge in [-0.3, -0.25) is 15.2 Å². The monoisotopic (exact) mass is 995 g/mol. The van der Waals surface area contributed by atoms with Crippen LogP contribution in [0.5, 0.6) is 0 Å². The molecule has 13 nitrogen and oxygen atoms in total. The SMILES string of the molecule is C=CCCCC=O.C=CNCCC(CCCC1CCN(c2ccc(NNC)c(F)c2)CC1)n1cc(-c2cc3c(cc2C(F)F)N(C(=N)/C(CC)=C(/CCNC=O)NC2CCOCC2)CCC3)c2cnccc21. The molecular formula is C56H77F3N10O3. The Labute approximate surface area is 424 Å². The number of unbranched alkanes of at least 4 members (excludes halogenated alkanes) is 2. The van der Waals surface area contributed by atoms with Crippen LogP contribution in [-0.2, 0) is 20.7 Å². The highest BCUT2D eigenvalue weighted by Gasteiger charge is 2.30. The Kier molecular flexibility index (Phi) is 22.1. The number of hydrazine groups is 1. The number of amides is 1. The number of pyridine rings is 1. The lowest BCUT2D eigenvalue weighted by Gasteiger charge is -2.35. The van der Waals surface area contributed by atoms with Gasteiger partial charge in [0, 0.05) is 136 Å². The third kappa shape index (κ3) is 14.7. The van der Waals surface area contributed by atoms with Crippen molar-refractivity contribution in [3.8, 4) is 11.1 Å². The van der Waals surface area contributed by atoms with Crippen LogP contribution in [0.25, 0.3) is 22.0 Å². The van der Waals surface area contributed by atoms with Gasteiger partial charge in [0.15, 0.2) is 0 Å². The van der Waals surface area contributed by atoms with E-state index < -0.39 is 6.43 Å². The molecule has 1 amide bonds. The third-order valence-corrected chi connectivity index (χ3v) is 14.2. The predicted molar refractivity (Wildman–Crippen MR) is 286 cm³/mol. The highest BCUT2D eigenvalue weighted by Crippen LogP contribution is 2.43. The van der Waals surface area contributed by atoms with Crippen LogP contribution in [0, 0.1) is 17.1 Å². The number of allylic oxidation sites excluding steroid dienone is 1. The van der Waals surface area contributed by atoms with Crippen LogP contribution in [0.1, 0.15) is 120 Å². The van der Waals surface area contributed by atoms with E-state index in [1.54, 1.807) is 43.8 Å². The van der Waals surface area contributed by atoms with Gasteiger partial charge in [0.2, 0.25) is 6.41 Å². The molecule has 0 bridgehead atoms. The van der Waals surface area contributed by atoms with Gasteiger partial charge in [-0.15, -0.1) is 6.58 Å². The number of aldehydes is 1. The number of halogens is 3. The maximum atomic E-state index is 15.5. The molecule has 3 aliphatic rings. The maximum absolute atomic E-state index is 15.5. The van der Waals surface area contributed by atoms with E-state index in [1.165, 1.54) is 0 Å². The summed E-state index contributed by atoms with van der Waals surface area (Å²) in [7, 11) is 1.71. The summed E-state index contributed by atoms with van der Waals surface area (Å²) in [6.45, 7) is 14.2. The van der Waals surface area contributed by atoms with Gasteiger partial charge in [0.1, 0.15) is 17.9 Å². The topological polar surface area (TPSA) is 152 Å². The minimum Gasteiger partial charge on any atom is -0.391 e. The number of rotatable bonds is 26. The quantitative estimate of drug-likeness (QED) is 0.00896. The number of ether oxygens (including phenoxy) is 1. The summed E-state index contributed by atoms with van der Waals surface area (Å²) in [5.74, 6) is 0.586. The van der Waals surface area contributed by atoms with E-state index in [1.807, 2.05) is 36.1 Å². The Bertz CT molecular complexity index is 2420. The van der Waals surface area contributed by atoms with Crippen LogP contribution < -0.4 is 36.6 Å². The first kappa shape index (κ1) is 55.2. The third-order valence-electron chi connectivity index (χ3n) is 14.2. The molecule has 6 N–H and O–H groups in total. The first-order valence-corrected chi connectivity index (χ1v) is 26.0. The minimum atomic E-state index is -2.75. The van der Waals surface area contributed by atoms with Crippen LogP contribution in [0.2, 0.25) is 0 Å². The molecule has 16 heteroatoms. The van der Waals surface area contributed by atoms with Gasteiger partial charge in [-0.1, -0.05) is 32.4 Å². The molecule has 5 heterocycles. The highest BCUT2D eigenvalue weighted by molar-refractivity contribution is 6.09. The summed E-state index contributed by atoms with van der Waals surface area (Å²) in [5, 5.41) is 20.2. The summed E-state index contributed by atoms with van der Waals surface area (Å²) in [6.07, 6.45) is 20.8. The number of nitrogens with zero attached hydrogens (tertiary/aromatic N) is 4. The molecular weight excluding hydrogens is 918 g/mol. The van der Waals surface area contributed by atoms with E-state index in [-0.39, 0.29) is 23.5 Å². The van der Waals surface area contributed by atoms with Gasteiger partial charge in [-0.05, 0) is 130 Å². The number of aromatic nitrogens is 2. The van der Waals surface area contributed by atoms with Crippen LogP contribution in [-0.4, -0.2) is 87.1 Å². The fourth-order valence-electron chi connectivity index (χ4n) is 10.4. The fraction of sp³-hybridized carbons (Fsp3) is 0.500. The molecule has 1 unspecified atom stereocenters. The Morgan fingerprint density at radius 2 is 1.78 bits per heavy atom. The van der Waals surface area contributed by atoms with E-state index in [0.717, 1.165) is 136 Å². The molecule has 0 saturated carbocycles. The molecule has 2 saturated heterocycles. The van der Waals surface area contributed by atoms with Crippen molar-refractivity contribution in [3.05, 3.63) is 109 Å². The van der Waals surface area contributed by atoms with E-state index in [4.69, 9.17) is 4.74 Å². The van der Waals surface area contributed by atoms with Crippen LogP contribution in [0.15, 0.2) is 91.7 Å². The van der Waals surface area contributed by atoms with Crippen molar-refractivity contribution in [2.45, 2.75) is 122 Å². The summed E-state index contributed by atoms with van der Waals surface area (Å²) in [6, 6.07) is 11.2. The molecule has 390 valence electrons. The van der Waals surface area contributed by atoms with Crippen molar-refractivity contribution in [2.24, 2.45) is 5.92 Å². The molecule has 2 aromatic carbocycles. The van der Waals surface area contributed by atoms with Gasteiger partial charge >= 0.3 is 0 Å². The first-order valence-electron chi connectivity index (χ1n) is 26.0. The van der Waals surface area contributed by atoms with Crippen molar-refractivity contribution in [2.75, 3.05) is 68.2 Å². The molecule has 2 aromatic heterocycles. The van der Waals surface area contributed by atoms with Crippen LogP contribution >= 0.6 is 0 Å². The van der Waals surface area contributed by atoms with Crippen molar-refractivity contribution in [1.82, 2.24) is 30.9 Å². The number of amidine groups is 1. The summed E-state index contributed by atoms with van der Waals surface area (Å²) in [5.41, 5.74) is 12.4. The minimum absolute atomic E-state index is 0.0614. The number of anilines is 3. The van der Waals surface area contributed by atoms with Gasteiger partial charge in [0.05, 0.1) is 11.2 Å². The Morgan fingerprint density at radius 3 is 2.47 bits per heavy atom. The molecule has 0 spiro atoms. The number of hydrogen-bond acceptors (Lipinski definition) is 10. The zero-order chi connectivity index (χ0) is 51.2. The van der Waals surface area contributed by atoms with Crippen molar-refractivity contribution < 1.29 is 27.5 Å². The molecule has 4 aromatic rings. The number of carbonyl (C=O) groups is 2. The zero-order valence-electron chi connectivity index (χ0n) is 42.4. The summed E-state index contributed by atoms with van der Waals surface area (Å²) < 4.78 is 53.5. The Balaban J connectivity index is 0.00000113. The molecule has 3 aliphatic heterocycles.